The Kier molecular flexibility index (Phi) is 5.39. The highest BCUT2D eigenvalue weighted by atomic mass is 32.2. The summed E-state index contributed by atoms with van der Waals surface area (Å²) in [5.74, 6) is -2.25. The third kappa shape index (κ3) is 4.23. The molecule has 1 unspecified atom stereocenters. The van der Waals surface area contributed by atoms with Gasteiger partial charge in [-0.2, -0.15) is 4.72 Å². The molecule has 0 radical (unpaired) electrons. The molecule has 116 valence electrons. The van der Waals surface area contributed by atoms with E-state index in [9.17, 15) is 18.0 Å². The maximum absolute atomic E-state index is 12.1. The summed E-state index contributed by atoms with van der Waals surface area (Å²) in [6.45, 7) is 3.32. The standard InChI is InChI=1S/C12H16N2O6S/c1-7(2)10(12(17)20-3)14-21(18,19)9-5-4-8(6-13-9)11(15)16/h4-7,10,14H,1-3H3,(H,15,16). The number of carbonyl (C=O) groups excluding carboxylic acids is 1. The zero-order valence-corrected chi connectivity index (χ0v) is 12.5. The maximum atomic E-state index is 12.1. The highest BCUT2D eigenvalue weighted by Crippen LogP contribution is 2.11. The molecule has 1 rings (SSSR count). The Labute approximate surface area is 122 Å². The molecule has 0 aromatic carbocycles. The fourth-order valence-electron chi connectivity index (χ4n) is 1.48. The molecule has 0 saturated heterocycles. The minimum absolute atomic E-state index is 0.137. The van der Waals surface area contributed by atoms with E-state index in [0.717, 1.165) is 25.4 Å². The highest BCUT2D eigenvalue weighted by Gasteiger charge is 2.29. The molecule has 0 bridgehead atoms. The lowest BCUT2D eigenvalue weighted by atomic mass is 10.1. The van der Waals surface area contributed by atoms with Crippen molar-refractivity contribution in [2.45, 2.75) is 24.9 Å². The second kappa shape index (κ2) is 6.64. The van der Waals surface area contributed by atoms with Crippen molar-refractivity contribution >= 4 is 22.0 Å². The number of aromatic carboxylic acids is 1. The first-order chi connectivity index (χ1) is 9.69. The molecule has 21 heavy (non-hydrogen) atoms. The smallest absolute Gasteiger partial charge is 0.337 e. The maximum Gasteiger partial charge on any atom is 0.337 e. The Balaban J connectivity index is 3.04. The molecule has 0 spiro atoms. The molecule has 1 aromatic rings. The number of nitrogens with zero attached hydrogens (tertiary/aromatic N) is 1. The van der Waals surface area contributed by atoms with Crippen LogP contribution in [0.5, 0.6) is 0 Å². The Morgan fingerprint density at radius 1 is 1.33 bits per heavy atom. The van der Waals surface area contributed by atoms with Gasteiger partial charge in [0.25, 0.3) is 10.0 Å². The molecule has 0 amide bonds. The van der Waals surface area contributed by atoms with Gasteiger partial charge >= 0.3 is 11.9 Å². The van der Waals surface area contributed by atoms with Crippen molar-refractivity contribution in [1.29, 1.82) is 0 Å². The molecule has 1 aromatic heterocycles. The number of carbonyl (C=O) groups is 2. The number of hydrogen-bond acceptors (Lipinski definition) is 6. The Morgan fingerprint density at radius 3 is 2.33 bits per heavy atom. The lowest BCUT2D eigenvalue weighted by molar-refractivity contribution is -0.143. The van der Waals surface area contributed by atoms with Gasteiger partial charge in [-0.25, -0.2) is 18.2 Å². The number of carboxylic acids is 1. The fourth-order valence-corrected chi connectivity index (χ4v) is 2.74. The van der Waals surface area contributed by atoms with Crippen LogP contribution in [0.1, 0.15) is 24.2 Å². The van der Waals surface area contributed by atoms with Gasteiger partial charge in [0.15, 0.2) is 5.03 Å². The number of ether oxygens (including phenoxy) is 1. The number of methoxy groups -OCH3 is 1. The third-order valence-electron chi connectivity index (χ3n) is 2.66. The third-order valence-corrected chi connectivity index (χ3v) is 4.02. The number of pyridine rings is 1. The molecule has 0 aliphatic rings. The summed E-state index contributed by atoms with van der Waals surface area (Å²) in [6, 6.07) is 1.12. The summed E-state index contributed by atoms with van der Waals surface area (Å²) < 4.78 is 31.0. The second-order valence-corrected chi connectivity index (χ2v) is 6.22. The van der Waals surface area contributed by atoms with Gasteiger partial charge in [-0.1, -0.05) is 13.8 Å². The quantitative estimate of drug-likeness (QED) is 0.721. The average molecular weight is 316 g/mol. The summed E-state index contributed by atoms with van der Waals surface area (Å²) in [5, 5.41) is 8.36. The number of nitrogens with one attached hydrogen (secondary N) is 1. The summed E-state index contributed by atoms with van der Waals surface area (Å²) in [5.41, 5.74) is -0.137. The van der Waals surface area contributed by atoms with Crippen LogP contribution in [0, 0.1) is 5.92 Å². The topological polar surface area (TPSA) is 123 Å². The number of hydrogen-bond donors (Lipinski definition) is 2. The molecular formula is C12H16N2O6S. The fraction of sp³-hybridized carbons (Fsp3) is 0.417. The predicted octanol–water partition coefficient (Wildman–Crippen LogP) is 0.256. The van der Waals surface area contributed by atoms with Gasteiger partial charge in [0, 0.05) is 6.20 Å². The number of rotatable bonds is 6. The van der Waals surface area contributed by atoms with Gasteiger partial charge in [-0.3, -0.25) is 4.79 Å². The van der Waals surface area contributed by atoms with Crippen molar-refractivity contribution in [3.8, 4) is 0 Å². The van der Waals surface area contributed by atoms with Gasteiger partial charge in [0.2, 0.25) is 0 Å². The van der Waals surface area contributed by atoms with E-state index in [1.54, 1.807) is 13.8 Å². The van der Waals surface area contributed by atoms with E-state index in [1.165, 1.54) is 0 Å². The average Bonchev–Trinajstić information content (AvgIpc) is 2.43. The Bertz CT molecular complexity index is 624. The molecule has 9 heteroatoms. The number of aromatic nitrogens is 1. The van der Waals surface area contributed by atoms with E-state index in [0.29, 0.717) is 0 Å². The molecule has 1 heterocycles. The number of carboxylic acid groups (broad SMARTS) is 1. The predicted molar refractivity (Wildman–Crippen MR) is 72.2 cm³/mol. The Morgan fingerprint density at radius 2 is 1.95 bits per heavy atom. The van der Waals surface area contributed by atoms with Crippen LogP contribution in [0.25, 0.3) is 0 Å². The first-order valence-electron chi connectivity index (χ1n) is 5.98. The lowest BCUT2D eigenvalue weighted by Crippen LogP contribution is -2.45. The summed E-state index contributed by atoms with van der Waals surface area (Å²) in [7, 11) is -2.90. The number of sulfonamides is 1. The van der Waals surface area contributed by atoms with Crippen molar-refractivity contribution in [2.75, 3.05) is 7.11 Å². The normalized spacial score (nSPS) is 13.0. The summed E-state index contributed by atoms with van der Waals surface area (Å²) in [6.07, 6.45) is 0.930. The van der Waals surface area contributed by atoms with Crippen LogP contribution in [-0.2, 0) is 19.6 Å². The molecule has 0 saturated carbocycles. The lowest BCUT2D eigenvalue weighted by Gasteiger charge is -2.19. The molecule has 8 nitrogen and oxygen atoms in total. The summed E-state index contributed by atoms with van der Waals surface area (Å²) >= 11 is 0. The zero-order valence-electron chi connectivity index (χ0n) is 11.7. The molecule has 0 aliphatic carbocycles. The van der Waals surface area contributed by atoms with E-state index < -0.39 is 28.0 Å². The van der Waals surface area contributed by atoms with Gasteiger partial charge in [-0.15, -0.1) is 0 Å². The van der Waals surface area contributed by atoms with E-state index in [2.05, 4.69) is 14.4 Å². The van der Waals surface area contributed by atoms with Crippen LogP contribution in [0.4, 0.5) is 0 Å². The molecule has 1 atom stereocenters. The van der Waals surface area contributed by atoms with Gasteiger partial charge in [0.05, 0.1) is 12.7 Å². The Hall–Kier alpha value is -2.00. The van der Waals surface area contributed by atoms with Crippen molar-refractivity contribution in [3.05, 3.63) is 23.9 Å². The first kappa shape index (κ1) is 17.1. The van der Waals surface area contributed by atoms with E-state index in [1.807, 2.05) is 0 Å². The van der Waals surface area contributed by atoms with Crippen LogP contribution in [0.15, 0.2) is 23.4 Å². The van der Waals surface area contributed by atoms with Gasteiger partial charge in [-0.05, 0) is 18.1 Å². The first-order valence-corrected chi connectivity index (χ1v) is 7.47. The highest BCUT2D eigenvalue weighted by molar-refractivity contribution is 7.89. The van der Waals surface area contributed by atoms with Crippen molar-refractivity contribution in [3.63, 3.8) is 0 Å². The van der Waals surface area contributed by atoms with Gasteiger partial charge in [0.1, 0.15) is 6.04 Å². The van der Waals surface area contributed by atoms with Crippen LogP contribution in [0.2, 0.25) is 0 Å². The van der Waals surface area contributed by atoms with Crippen LogP contribution < -0.4 is 4.72 Å². The van der Waals surface area contributed by atoms with E-state index in [4.69, 9.17) is 5.11 Å². The zero-order chi connectivity index (χ0) is 16.2. The van der Waals surface area contributed by atoms with E-state index in [-0.39, 0.29) is 16.5 Å². The largest absolute Gasteiger partial charge is 0.478 e. The van der Waals surface area contributed by atoms with Crippen LogP contribution in [-0.4, -0.2) is 43.6 Å². The minimum Gasteiger partial charge on any atom is -0.478 e. The molecule has 0 fully saturated rings. The van der Waals surface area contributed by atoms with Gasteiger partial charge < -0.3 is 9.84 Å². The number of esters is 1. The molecule has 2 N–H and O–H groups in total. The van der Waals surface area contributed by atoms with Crippen molar-refractivity contribution in [2.24, 2.45) is 5.92 Å². The second-order valence-electron chi connectivity index (χ2n) is 4.56. The molecule has 0 aliphatic heterocycles. The van der Waals surface area contributed by atoms with E-state index >= 15 is 0 Å². The van der Waals surface area contributed by atoms with Crippen LogP contribution in [0.3, 0.4) is 0 Å². The molecular weight excluding hydrogens is 300 g/mol. The van der Waals surface area contributed by atoms with Crippen molar-refractivity contribution in [1.82, 2.24) is 9.71 Å². The minimum atomic E-state index is -4.06. The summed E-state index contributed by atoms with van der Waals surface area (Å²) in [4.78, 5) is 25.8. The SMILES string of the molecule is COC(=O)C(NS(=O)(=O)c1ccc(C(=O)O)cn1)C(C)C. The monoisotopic (exact) mass is 316 g/mol. The van der Waals surface area contributed by atoms with Crippen molar-refractivity contribution < 1.29 is 27.9 Å². The van der Waals surface area contributed by atoms with Crippen LogP contribution >= 0.6 is 0 Å².